The van der Waals surface area contributed by atoms with Gasteiger partial charge in [0.15, 0.2) is 5.69 Å². The molecule has 2 heterocycles. The fourth-order valence-electron chi connectivity index (χ4n) is 5.21. The first-order valence-corrected chi connectivity index (χ1v) is 16.8. The number of aromatic nitrogens is 3. The lowest BCUT2D eigenvalue weighted by Crippen LogP contribution is -2.14. The smallest absolute Gasteiger partial charge is 0.357 e. The molecular weight excluding hydrogens is 600 g/mol. The van der Waals surface area contributed by atoms with Gasteiger partial charge in [0, 0.05) is 22.9 Å². The molecule has 0 atom stereocenters. The topological polar surface area (TPSA) is 117 Å². The first-order chi connectivity index (χ1) is 21.1. The van der Waals surface area contributed by atoms with E-state index in [0.717, 1.165) is 47.2 Å². The van der Waals surface area contributed by atoms with Crippen LogP contribution in [-0.2, 0) is 27.6 Å². The summed E-state index contributed by atoms with van der Waals surface area (Å²) in [4.78, 5) is 16.5. The Morgan fingerprint density at radius 2 is 1.82 bits per heavy atom. The zero-order valence-corrected chi connectivity index (χ0v) is 25.9. The molecule has 0 spiro atoms. The molecule has 1 saturated carbocycles. The van der Waals surface area contributed by atoms with Gasteiger partial charge in [-0.3, -0.25) is 0 Å². The summed E-state index contributed by atoms with van der Waals surface area (Å²) >= 11 is 1.30. The number of primary sulfonamides is 1. The van der Waals surface area contributed by atoms with Crippen LogP contribution in [0.1, 0.15) is 52.6 Å². The van der Waals surface area contributed by atoms with Crippen LogP contribution in [0, 0.1) is 18.7 Å². The minimum absolute atomic E-state index is 0.213. The lowest BCUT2D eigenvalue weighted by atomic mass is 9.95. The molecule has 44 heavy (non-hydrogen) atoms. The molecule has 8 nitrogen and oxygen atoms in total. The molecular formula is C33H31FN4O4S2. The Labute approximate surface area is 259 Å². The number of esters is 1. The van der Waals surface area contributed by atoms with Crippen LogP contribution in [0.3, 0.4) is 0 Å². The van der Waals surface area contributed by atoms with Crippen molar-refractivity contribution in [3.63, 3.8) is 0 Å². The van der Waals surface area contributed by atoms with Crippen molar-refractivity contribution in [3.8, 4) is 27.5 Å². The molecule has 0 aliphatic heterocycles. The fraction of sp³-hybridized carbons (Fsp3) is 0.242. The maximum atomic E-state index is 14.9. The second kappa shape index (κ2) is 12.1. The second-order valence-electron chi connectivity index (χ2n) is 11.0. The van der Waals surface area contributed by atoms with Gasteiger partial charge < -0.3 is 4.74 Å². The average Bonchev–Trinajstić information content (AvgIpc) is 3.55. The number of rotatable bonds is 10. The largest absolute Gasteiger partial charge is 0.461 e. The predicted octanol–water partition coefficient (Wildman–Crippen LogP) is 6.48. The molecule has 1 aliphatic rings. The lowest BCUT2D eigenvalue weighted by molar-refractivity contribution is 0.0520. The van der Waals surface area contributed by atoms with Crippen molar-refractivity contribution in [1.82, 2.24) is 14.8 Å². The maximum Gasteiger partial charge on any atom is 0.357 e. The normalized spacial score (nSPS) is 13.3. The highest BCUT2D eigenvalue weighted by molar-refractivity contribution is 7.89. The van der Waals surface area contributed by atoms with Gasteiger partial charge in [0.2, 0.25) is 15.2 Å². The van der Waals surface area contributed by atoms with E-state index in [9.17, 15) is 17.6 Å². The number of hydrogen-bond donors (Lipinski definition) is 1. The van der Waals surface area contributed by atoms with Gasteiger partial charge in [-0.2, -0.15) is 5.10 Å². The van der Waals surface area contributed by atoms with Crippen LogP contribution < -0.4 is 5.14 Å². The Kier molecular flexibility index (Phi) is 8.19. The van der Waals surface area contributed by atoms with E-state index >= 15 is 0 Å². The molecule has 0 unspecified atom stereocenters. The van der Waals surface area contributed by atoms with Crippen LogP contribution in [0.2, 0.25) is 0 Å². The monoisotopic (exact) mass is 630 g/mol. The van der Waals surface area contributed by atoms with Gasteiger partial charge in [-0.05, 0) is 73.9 Å². The van der Waals surface area contributed by atoms with Gasteiger partial charge >= 0.3 is 5.97 Å². The second-order valence-corrected chi connectivity index (χ2v) is 13.4. The van der Waals surface area contributed by atoms with Crippen LogP contribution in [-0.4, -0.2) is 35.8 Å². The van der Waals surface area contributed by atoms with Gasteiger partial charge in [0.05, 0.1) is 18.0 Å². The number of carbonyl (C=O) groups is 1. The van der Waals surface area contributed by atoms with E-state index in [0.29, 0.717) is 28.7 Å². The number of nitrogens with zero attached hydrogens (tertiary/aromatic N) is 3. The van der Waals surface area contributed by atoms with E-state index in [-0.39, 0.29) is 12.3 Å². The molecule has 5 aromatic rings. The molecule has 226 valence electrons. The molecule has 2 aromatic heterocycles. The van der Waals surface area contributed by atoms with E-state index in [4.69, 9.17) is 15.0 Å². The average molecular weight is 631 g/mol. The van der Waals surface area contributed by atoms with Crippen LogP contribution in [0.15, 0.2) is 77.0 Å². The first-order valence-electron chi connectivity index (χ1n) is 14.3. The highest BCUT2D eigenvalue weighted by Gasteiger charge is 2.30. The van der Waals surface area contributed by atoms with Crippen molar-refractivity contribution in [2.75, 3.05) is 6.61 Å². The quantitative estimate of drug-likeness (QED) is 0.177. The summed E-state index contributed by atoms with van der Waals surface area (Å²) in [6.45, 7) is 4.03. The zero-order chi connectivity index (χ0) is 31.0. The number of nitrogens with two attached hydrogens (primary N) is 1. The zero-order valence-electron chi connectivity index (χ0n) is 24.3. The highest BCUT2D eigenvalue weighted by atomic mass is 32.2. The Morgan fingerprint density at radius 3 is 2.50 bits per heavy atom. The Balaban J connectivity index is 1.51. The molecule has 1 aliphatic carbocycles. The number of halogens is 1. The van der Waals surface area contributed by atoms with Gasteiger partial charge in [-0.15, -0.1) is 11.3 Å². The summed E-state index contributed by atoms with van der Waals surface area (Å²) in [7, 11) is -4.20. The van der Waals surface area contributed by atoms with Crippen molar-refractivity contribution in [2.45, 2.75) is 44.4 Å². The molecule has 0 bridgehead atoms. The standard InChI is InChI=1S/C33H31FN4O4S2/c1-3-42-32(39)28-19-43-33(36-28)38-29(17-21-9-10-21)26(15-22-11-14-30(27(34)16-22)44(35,40)41)31(37-38)25-6-4-5-24(18-25)23-12-7-20(2)8-13-23/h4-8,11-14,16,18-19,21H,3,9-10,15,17H2,1-2H3,(H2,35,40,41). The van der Waals surface area contributed by atoms with Crippen molar-refractivity contribution >= 4 is 27.3 Å². The number of sulfonamides is 1. The third-order valence-corrected chi connectivity index (χ3v) is 9.39. The maximum absolute atomic E-state index is 14.9. The molecule has 0 radical (unpaired) electrons. The molecule has 11 heteroatoms. The molecule has 3 aromatic carbocycles. The van der Waals surface area contributed by atoms with Crippen LogP contribution in [0.4, 0.5) is 4.39 Å². The van der Waals surface area contributed by atoms with Gasteiger partial charge in [0.25, 0.3) is 0 Å². The van der Waals surface area contributed by atoms with Crippen molar-refractivity contribution < 1.29 is 22.3 Å². The number of aryl methyl sites for hydroxylation is 1. The minimum Gasteiger partial charge on any atom is -0.461 e. The van der Waals surface area contributed by atoms with Crippen molar-refractivity contribution in [1.29, 1.82) is 0 Å². The molecule has 0 amide bonds. The van der Waals surface area contributed by atoms with E-state index in [1.54, 1.807) is 23.1 Å². The Bertz CT molecular complexity index is 1960. The SMILES string of the molecule is CCOC(=O)c1csc(-n2nc(-c3cccc(-c4ccc(C)cc4)c3)c(Cc3ccc(S(N)(=O)=O)c(F)c3)c2CC2CC2)n1. The number of thiazole rings is 1. The minimum atomic E-state index is -4.20. The number of benzene rings is 3. The van der Waals surface area contributed by atoms with Gasteiger partial charge in [-0.25, -0.2) is 32.4 Å². The highest BCUT2D eigenvalue weighted by Crippen LogP contribution is 2.39. The van der Waals surface area contributed by atoms with Crippen molar-refractivity contribution in [3.05, 3.63) is 106 Å². The lowest BCUT2D eigenvalue weighted by Gasteiger charge is -2.10. The first kappa shape index (κ1) is 29.9. The Morgan fingerprint density at radius 1 is 1.07 bits per heavy atom. The summed E-state index contributed by atoms with van der Waals surface area (Å²) in [6, 6.07) is 20.4. The van der Waals surface area contributed by atoms with E-state index in [1.807, 2.05) is 25.1 Å². The fourth-order valence-corrected chi connectivity index (χ4v) is 6.56. The molecule has 6 rings (SSSR count). The summed E-state index contributed by atoms with van der Waals surface area (Å²) in [6.07, 6.45) is 3.20. The van der Waals surface area contributed by atoms with E-state index in [2.05, 4.69) is 35.3 Å². The summed E-state index contributed by atoms with van der Waals surface area (Å²) in [5, 5.41) is 12.5. The van der Waals surface area contributed by atoms with Gasteiger partial charge in [0.1, 0.15) is 10.7 Å². The number of hydrogen-bond acceptors (Lipinski definition) is 7. The number of ether oxygens (including phenoxy) is 1. The number of carbonyl (C=O) groups excluding carboxylic acids is 1. The van der Waals surface area contributed by atoms with E-state index in [1.165, 1.54) is 29.0 Å². The Hall–Kier alpha value is -4.19. The van der Waals surface area contributed by atoms with Crippen molar-refractivity contribution in [2.24, 2.45) is 11.1 Å². The summed E-state index contributed by atoms with van der Waals surface area (Å²) < 4.78 is 45.6. The van der Waals surface area contributed by atoms with Gasteiger partial charge in [-0.1, -0.05) is 54.1 Å². The summed E-state index contributed by atoms with van der Waals surface area (Å²) in [5.41, 5.74) is 7.43. The third kappa shape index (κ3) is 6.35. The predicted molar refractivity (Wildman–Crippen MR) is 168 cm³/mol. The van der Waals surface area contributed by atoms with Crippen LogP contribution >= 0.6 is 11.3 Å². The van der Waals surface area contributed by atoms with Crippen LogP contribution in [0.5, 0.6) is 0 Å². The molecule has 0 saturated heterocycles. The molecule has 2 N–H and O–H groups in total. The summed E-state index contributed by atoms with van der Waals surface area (Å²) in [5.74, 6) is -0.924. The molecule has 1 fully saturated rings. The van der Waals surface area contributed by atoms with E-state index < -0.39 is 26.7 Å². The third-order valence-electron chi connectivity index (χ3n) is 7.63. The van der Waals surface area contributed by atoms with Crippen LogP contribution in [0.25, 0.3) is 27.5 Å².